The number of amides is 1. The van der Waals surface area contributed by atoms with Gasteiger partial charge in [-0.2, -0.15) is 0 Å². The normalized spacial score (nSPS) is 12.2. The van der Waals surface area contributed by atoms with E-state index in [4.69, 9.17) is 0 Å². The first kappa shape index (κ1) is 15.2. The average molecular weight is 312 g/mol. The number of nitrogens with zero attached hydrogens (tertiary/aromatic N) is 1. The number of rotatable bonds is 7. The smallest absolute Gasteiger partial charge is 0.229 e. The second-order valence-electron chi connectivity index (χ2n) is 4.50. The van der Waals surface area contributed by atoms with Crippen LogP contribution in [0.1, 0.15) is 38.2 Å². The average Bonchev–Trinajstić information content (AvgIpc) is 2.43. The number of carbonyl (C=O) groups excluding carboxylic acids is 1. The van der Waals surface area contributed by atoms with Crippen molar-refractivity contribution in [1.82, 2.24) is 4.90 Å². The molecule has 0 spiro atoms. The molecule has 0 aliphatic heterocycles. The summed E-state index contributed by atoms with van der Waals surface area (Å²) >= 11 is 3.42. The fourth-order valence-corrected chi connectivity index (χ4v) is 2.37. The Labute approximate surface area is 119 Å². The van der Waals surface area contributed by atoms with Crippen molar-refractivity contribution in [2.75, 3.05) is 18.4 Å². The zero-order valence-corrected chi connectivity index (χ0v) is 12.8. The monoisotopic (exact) mass is 311 g/mol. The van der Waals surface area contributed by atoms with Crippen molar-refractivity contribution in [3.05, 3.63) is 35.9 Å². The summed E-state index contributed by atoms with van der Waals surface area (Å²) in [5.74, 6) is 0.177. The van der Waals surface area contributed by atoms with Gasteiger partial charge < -0.3 is 4.90 Å². The molecule has 0 fully saturated rings. The number of alkyl halides is 1. The molecule has 1 amide bonds. The molecule has 1 unspecified atom stereocenters. The Morgan fingerprint density at radius 1 is 1.28 bits per heavy atom. The molecule has 18 heavy (non-hydrogen) atoms. The third kappa shape index (κ3) is 4.45. The second kappa shape index (κ2) is 8.30. The summed E-state index contributed by atoms with van der Waals surface area (Å²) in [6, 6.07) is 10.00. The zero-order chi connectivity index (χ0) is 13.4. The molecule has 0 heterocycles. The van der Waals surface area contributed by atoms with Crippen LogP contribution in [0.15, 0.2) is 30.3 Å². The summed E-state index contributed by atoms with van der Waals surface area (Å²) < 4.78 is 0. The van der Waals surface area contributed by atoms with E-state index in [2.05, 4.69) is 22.9 Å². The number of benzene rings is 1. The van der Waals surface area contributed by atoms with E-state index in [1.54, 1.807) is 0 Å². The molecule has 1 atom stereocenters. The molecule has 3 heteroatoms. The molecule has 0 bridgehead atoms. The van der Waals surface area contributed by atoms with Crippen LogP contribution in [-0.2, 0) is 4.79 Å². The highest BCUT2D eigenvalue weighted by Crippen LogP contribution is 2.18. The molecule has 0 saturated heterocycles. The van der Waals surface area contributed by atoms with E-state index in [1.165, 1.54) is 0 Å². The predicted molar refractivity (Wildman–Crippen MR) is 80.1 cm³/mol. The highest BCUT2D eigenvalue weighted by molar-refractivity contribution is 9.09. The van der Waals surface area contributed by atoms with Crippen LogP contribution in [0.25, 0.3) is 0 Å². The summed E-state index contributed by atoms with van der Waals surface area (Å²) in [7, 11) is 0. The summed E-state index contributed by atoms with van der Waals surface area (Å²) in [5, 5.41) is 0.837. The molecule has 0 aliphatic carbocycles. The van der Waals surface area contributed by atoms with Crippen LogP contribution >= 0.6 is 15.9 Å². The van der Waals surface area contributed by atoms with Gasteiger partial charge in [-0.25, -0.2) is 0 Å². The lowest BCUT2D eigenvalue weighted by Gasteiger charge is -2.25. The minimum Gasteiger partial charge on any atom is -0.341 e. The zero-order valence-electron chi connectivity index (χ0n) is 11.2. The van der Waals surface area contributed by atoms with E-state index in [9.17, 15) is 4.79 Å². The molecular formula is C15H22BrNO. The minimum absolute atomic E-state index is 0.0536. The van der Waals surface area contributed by atoms with Crippen LogP contribution in [0.2, 0.25) is 0 Å². The SMILES string of the molecule is CCCCN(CCBr)C(=O)C(C)c1ccccc1. The Balaban J connectivity index is 2.69. The Morgan fingerprint density at radius 2 is 1.94 bits per heavy atom. The molecule has 0 N–H and O–H groups in total. The van der Waals surface area contributed by atoms with Crippen LogP contribution in [0, 0.1) is 0 Å². The Kier molecular flexibility index (Phi) is 7.02. The summed E-state index contributed by atoms with van der Waals surface area (Å²) in [5.41, 5.74) is 1.10. The largest absolute Gasteiger partial charge is 0.341 e. The third-order valence-corrected chi connectivity index (χ3v) is 3.47. The van der Waals surface area contributed by atoms with Crippen molar-refractivity contribution in [1.29, 1.82) is 0 Å². The predicted octanol–water partition coefficient (Wildman–Crippen LogP) is 3.81. The fourth-order valence-electron chi connectivity index (χ4n) is 1.94. The standard InChI is InChI=1S/C15H22BrNO/c1-3-4-11-17(12-10-16)15(18)13(2)14-8-6-5-7-9-14/h5-9,13H,3-4,10-12H2,1-2H3. The lowest BCUT2D eigenvalue weighted by atomic mass is 9.99. The molecule has 2 nitrogen and oxygen atoms in total. The lowest BCUT2D eigenvalue weighted by Crippen LogP contribution is -2.36. The van der Waals surface area contributed by atoms with Crippen LogP contribution in [0.3, 0.4) is 0 Å². The van der Waals surface area contributed by atoms with Crippen molar-refractivity contribution in [3.8, 4) is 0 Å². The van der Waals surface area contributed by atoms with Crippen molar-refractivity contribution in [3.63, 3.8) is 0 Å². The molecule has 1 aromatic rings. The first-order chi connectivity index (χ1) is 8.70. The highest BCUT2D eigenvalue weighted by atomic mass is 79.9. The van der Waals surface area contributed by atoms with E-state index < -0.39 is 0 Å². The van der Waals surface area contributed by atoms with Gasteiger partial charge in [-0.15, -0.1) is 0 Å². The second-order valence-corrected chi connectivity index (χ2v) is 5.29. The number of carbonyl (C=O) groups is 1. The Hall–Kier alpha value is -0.830. The van der Waals surface area contributed by atoms with Crippen LogP contribution < -0.4 is 0 Å². The van der Waals surface area contributed by atoms with Gasteiger partial charge in [0.05, 0.1) is 5.92 Å². The fraction of sp³-hybridized carbons (Fsp3) is 0.533. The maximum atomic E-state index is 12.4. The van der Waals surface area contributed by atoms with Gasteiger partial charge >= 0.3 is 0 Å². The number of halogens is 1. The van der Waals surface area contributed by atoms with Gasteiger partial charge in [-0.3, -0.25) is 4.79 Å². The van der Waals surface area contributed by atoms with E-state index in [1.807, 2.05) is 42.2 Å². The quantitative estimate of drug-likeness (QED) is 0.701. The maximum Gasteiger partial charge on any atom is 0.229 e. The lowest BCUT2D eigenvalue weighted by molar-refractivity contribution is -0.132. The van der Waals surface area contributed by atoms with Gasteiger partial charge in [0.25, 0.3) is 0 Å². The van der Waals surface area contributed by atoms with E-state index in [0.29, 0.717) is 0 Å². The molecular weight excluding hydrogens is 290 g/mol. The van der Waals surface area contributed by atoms with Crippen molar-refractivity contribution in [2.24, 2.45) is 0 Å². The topological polar surface area (TPSA) is 20.3 Å². The Bertz CT molecular complexity index is 353. The van der Waals surface area contributed by atoms with Crippen molar-refractivity contribution in [2.45, 2.75) is 32.6 Å². The molecule has 0 aromatic heterocycles. The van der Waals surface area contributed by atoms with Crippen molar-refractivity contribution >= 4 is 21.8 Å². The maximum absolute atomic E-state index is 12.4. The van der Waals surface area contributed by atoms with Gasteiger partial charge in [0.2, 0.25) is 5.91 Å². The number of unbranched alkanes of at least 4 members (excludes halogenated alkanes) is 1. The summed E-state index contributed by atoms with van der Waals surface area (Å²) in [6.45, 7) is 5.79. The van der Waals surface area contributed by atoms with E-state index >= 15 is 0 Å². The highest BCUT2D eigenvalue weighted by Gasteiger charge is 2.20. The Morgan fingerprint density at radius 3 is 2.50 bits per heavy atom. The van der Waals surface area contributed by atoms with Crippen molar-refractivity contribution < 1.29 is 4.79 Å². The molecule has 0 saturated carbocycles. The third-order valence-electron chi connectivity index (χ3n) is 3.12. The summed E-state index contributed by atoms with van der Waals surface area (Å²) in [6.07, 6.45) is 2.19. The number of hydrogen-bond acceptors (Lipinski definition) is 1. The number of hydrogen-bond donors (Lipinski definition) is 0. The van der Waals surface area contributed by atoms with Gasteiger partial charge in [0, 0.05) is 18.4 Å². The minimum atomic E-state index is -0.0536. The van der Waals surface area contributed by atoms with Gasteiger partial charge in [-0.05, 0) is 18.9 Å². The molecule has 1 aromatic carbocycles. The summed E-state index contributed by atoms with van der Waals surface area (Å²) in [4.78, 5) is 14.4. The van der Waals surface area contributed by atoms with Gasteiger partial charge in [0.15, 0.2) is 0 Å². The van der Waals surface area contributed by atoms with Gasteiger partial charge in [-0.1, -0.05) is 59.6 Å². The molecule has 100 valence electrons. The van der Waals surface area contributed by atoms with Gasteiger partial charge in [0.1, 0.15) is 0 Å². The van der Waals surface area contributed by atoms with Crippen LogP contribution in [-0.4, -0.2) is 29.2 Å². The van der Waals surface area contributed by atoms with Crippen LogP contribution in [0.5, 0.6) is 0 Å². The van der Waals surface area contributed by atoms with E-state index in [-0.39, 0.29) is 11.8 Å². The molecule has 0 aliphatic rings. The molecule has 1 rings (SSSR count). The van der Waals surface area contributed by atoms with E-state index in [0.717, 1.165) is 36.8 Å². The first-order valence-corrected chi connectivity index (χ1v) is 7.72. The molecule has 0 radical (unpaired) electrons. The first-order valence-electron chi connectivity index (χ1n) is 6.60. The van der Waals surface area contributed by atoms with Crippen LogP contribution in [0.4, 0.5) is 0 Å².